The molecule has 4 nitrogen and oxygen atoms in total. The Bertz CT molecular complexity index is 621. The lowest BCUT2D eigenvalue weighted by atomic mass is 10.2. The van der Waals surface area contributed by atoms with Crippen molar-refractivity contribution < 1.29 is 4.74 Å². The molecule has 0 amide bonds. The Kier molecular flexibility index (Phi) is 3.59. The summed E-state index contributed by atoms with van der Waals surface area (Å²) in [5, 5.41) is 4.19. The van der Waals surface area contributed by atoms with Crippen LogP contribution < -0.4 is 5.32 Å². The molecule has 19 heavy (non-hydrogen) atoms. The van der Waals surface area contributed by atoms with E-state index < -0.39 is 0 Å². The number of halogens is 1. The van der Waals surface area contributed by atoms with Crippen molar-refractivity contribution in [3.05, 3.63) is 35.7 Å². The molecule has 6 heteroatoms. The molecule has 98 valence electrons. The average molecular weight is 294 g/mol. The van der Waals surface area contributed by atoms with Crippen LogP contribution in [-0.2, 0) is 17.2 Å². The number of ether oxygens (including phenoxy) is 1. The number of hydrogen-bond acceptors (Lipinski definition) is 5. The Balaban J connectivity index is 1.95. The molecule has 1 aromatic carbocycles. The van der Waals surface area contributed by atoms with Gasteiger partial charge < -0.3 is 10.1 Å². The summed E-state index contributed by atoms with van der Waals surface area (Å²) in [6, 6.07) is 6.12. The van der Waals surface area contributed by atoms with Crippen molar-refractivity contribution in [1.82, 2.24) is 9.97 Å². The fraction of sp³-hybridized carbons (Fsp3) is 0.231. The largest absolute Gasteiger partial charge is 0.378 e. The molecule has 0 unspecified atom stereocenters. The number of rotatable bonds is 3. The zero-order valence-electron chi connectivity index (χ0n) is 10.3. The number of anilines is 2. The van der Waals surface area contributed by atoms with Gasteiger partial charge in [0.25, 0.3) is 0 Å². The molecule has 0 saturated heterocycles. The number of nitrogens with one attached hydrogen (secondary N) is 1. The van der Waals surface area contributed by atoms with Crippen LogP contribution in [0.4, 0.5) is 11.5 Å². The molecule has 1 aliphatic heterocycles. The van der Waals surface area contributed by atoms with E-state index in [-0.39, 0.29) is 0 Å². The summed E-state index contributed by atoms with van der Waals surface area (Å²) in [6.07, 6.45) is 1.75. The molecule has 3 rings (SSSR count). The molecule has 0 fully saturated rings. The van der Waals surface area contributed by atoms with E-state index in [1.165, 1.54) is 0 Å². The van der Waals surface area contributed by atoms with E-state index in [4.69, 9.17) is 16.3 Å². The molecule has 2 aromatic rings. The summed E-state index contributed by atoms with van der Waals surface area (Å²) in [5.41, 5.74) is 2.92. The third-order valence-electron chi connectivity index (χ3n) is 2.74. The van der Waals surface area contributed by atoms with E-state index in [0.29, 0.717) is 12.5 Å². The minimum atomic E-state index is 0.460. The summed E-state index contributed by atoms with van der Waals surface area (Å²) in [5.74, 6) is 1.28. The maximum atomic E-state index is 5.86. The van der Waals surface area contributed by atoms with Crippen LogP contribution in [0.15, 0.2) is 34.3 Å². The highest BCUT2D eigenvalue weighted by atomic mass is 35.5. The standard InChI is InChI=1S/C13H12ClN3OS/c1-18-7-9-6-15-13-12(16-9)17-10-4-8(5-14)2-3-11(10)19-13/h2-4,6H,5,7H2,1H3,(H,16,17). The molecular weight excluding hydrogens is 282 g/mol. The number of alkyl halides is 1. The molecule has 1 aliphatic rings. The Hall–Kier alpha value is -1.30. The van der Waals surface area contributed by atoms with Gasteiger partial charge in [-0.15, -0.1) is 11.6 Å². The third-order valence-corrected chi connectivity index (χ3v) is 4.12. The minimum Gasteiger partial charge on any atom is -0.378 e. The van der Waals surface area contributed by atoms with Crippen LogP contribution in [0.1, 0.15) is 11.3 Å². The number of nitrogens with zero attached hydrogens (tertiary/aromatic N) is 2. The summed E-state index contributed by atoms with van der Waals surface area (Å²) in [4.78, 5) is 10.1. The van der Waals surface area contributed by atoms with Crippen LogP contribution in [0.5, 0.6) is 0 Å². The van der Waals surface area contributed by atoms with Gasteiger partial charge in [0.05, 0.1) is 24.2 Å². The topological polar surface area (TPSA) is 47.0 Å². The normalized spacial score (nSPS) is 12.5. The van der Waals surface area contributed by atoms with Gasteiger partial charge in [0.15, 0.2) is 5.82 Å². The summed E-state index contributed by atoms with van der Waals surface area (Å²) in [6.45, 7) is 0.460. The zero-order chi connectivity index (χ0) is 13.2. The first-order chi connectivity index (χ1) is 9.30. The molecule has 0 spiro atoms. The van der Waals surface area contributed by atoms with Gasteiger partial charge in [0, 0.05) is 17.9 Å². The van der Waals surface area contributed by atoms with Crippen LogP contribution >= 0.6 is 23.4 Å². The van der Waals surface area contributed by atoms with Crippen LogP contribution in [0.2, 0.25) is 0 Å². The van der Waals surface area contributed by atoms with Gasteiger partial charge in [-0.3, -0.25) is 0 Å². The lowest BCUT2D eigenvalue weighted by Gasteiger charge is -2.19. The number of aromatic nitrogens is 2. The van der Waals surface area contributed by atoms with Gasteiger partial charge in [-0.2, -0.15) is 0 Å². The smallest absolute Gasteiger partial charge is 0.163 e. The number of benzene rings is 1. The van der Waals surface area contributed by atoms with E-state index in [0.717, 1.165) is 32.7 Å². The molecule has 1 aromatic heterocycles. The van der Waals surface area contributed by atoms with Crippen LogP contribution in [0.25, 0.3) is 0 Å². The molecule has 0 radical (unpaired) electrons. The second kappa shape index (κ2) is 5.36. The Labute approximate surface area is 120 Å². The number of fused-ring (bicyclic) bond motifs is 2. The third kappa shape index (κ3) is 2.54. The van der Waals surface area contributed by atoms with Crippen molar-refractivity contribution in [1.29, 1.82) is 0 Å². The Morgan fingerprint density at radius 3 is 3.11 bits per heavy atom. The first-order valence-corrected chi connectivity index (χ1v) is 7.14. The summed E-state index contributed by atoms with van der Waals surface area (Å²) < 4.78 is 5.07. The SMILES string of the molecule is COCc1cnc2c(n1)Nc1cc(CCl)ccc1S2. The van der Waals surface area contributed by atoms with Crippen LogP contribution in [-0.4, -0.2) is 17.1 Å². The highest BCUT2D eigenvalue weighted by Gasteiger charge is 2.18. The quantitative estimate of drug-likeness (QED) is 0.748. The lowest BCUT2D eigenvalue weighted by molar-refractivity contribution is 0.181. The van der Waals surface area contributed by atoms with Crippen LogP contribution in [0, 0.1) is 0 Å². The van der Waals surface area contributed by atoms with E-state index in [1.54, 1.807) is 25.1 Å². The van der Waals surface area contributed by atoms with E-state index in [1.807, 2.05) is 12.1 Å². The van der Waals surface area contributed by atoms with Crippen LogP contribution in [0.3, 0.4) is 0 Å². The average Bonchev–Trinajstić information content (AvgIpc) is 2.45. The zero-order valence-corrected chi connectivity index (χ0v) is 11.9. The van der Waals surface area contributed by atoms with Crippen molar-refractivity contribution in [2.45, 2.75) is 22.4 Å². The molecular formula is C13H12ClN3OS. The maximum Gasteiger partial charge on any atom is 0.163 e. The van der Waals surface area contributed by atoms with Gasteiger partial charge in [-0.25, -0.2) is 9.97 Å². The monoisotopic (exact) mass is 293 g/mol. The molecule has 0 aliphatic carbocycles. The van der Waals surface area contributed by atoms with Gasteiger partial charge in [0.2, 0.25) is 0 Å². The second-order valence-corrected chi connectivity index (χ2v) is 5.44. The van der Waals surface area contributed by atoms with Crippen molar-refractivity contribution in [2.75, 3.05) is 12.4 Å². The maximum absolute atomic E-state index is 5.86. The highest BCUT2D eigenvalue weighted by molar-refractivity contribution is 7.99. The fourth-order valence-corrected chi connectivity index (χ4v) is 2.90. The van der Waals surface area contributed by atoms with Gasteiger partial charge in [-0.05, 0) is 17.7 Å². The Morgan fingerprint density at radius 2 is 2.32 bits per heavy atom. The highest BCUT2D eigenvalue weighted by Crippen LogP contribution is 2.42. The van der Waals surface area contributed by atoms with Gasteiger partial charge in [-0.1, -0.05) is 17.8 Å². The molecule has 0 atom stereocenters. The second-order valence-electron chi connectivity index (χ2n) is 4.14. The predicted octanol–water partition coefficient (Wildman–Crippen LogP) is 3.57. The number of methoxy groups -OCH3 is 1. The van der Waals surface area contributed by atoms with E-state index >= 15 is 0 Å². The molecule has 1 N–H and O–H groups in total. The summed E-state index contributed by atoms with van der Waals surface area (Å²) >= 11 is 7.47. The number of hydrogen-bond donors (Lipinski definition) is 1. The molecule has 2 heterocycles. The first-order valence-electron chi connectivity index (χ1n) is 5.79. The van der Waals surface area contributed by atoms with Crippen molar-refractivity contribution in [2.24, 2.45) is 0 Å². The minimum absolute atomic E-state index is 0.460. The van der Waals surface area contributed by atoms with Gasteiger partial charge >= 0.3 is 0 Å². The summed E-state index contributed by atoms with van der Waals surface area (Å²) in [7, 11) is 1.64. The van der Waals surface area contributed by atoms with Crippen molar-refractivity contribution in [3.63, 3.8) is 0 Å². The molecule has 0 bridgehead atoms. The molecule has 0 saturated carbocycles. The van der Waals surface area contributed by atoms with E-state index in [9.17, 15) is 0 Å². The van der Waals surface area contributed by atoms with E-state index in [2.05, 4.69) is 21.4 Å². The van der Waals surface area contributed by atoms with Crippen molar-refractivity contribution in [3.8, 4) is 0 Å². The predicted molar refractivity (Wildman–Crippen MR) is 76.1 cm³/mol. The lowest BCUT2D eigenvalue weighted by Crippen LogP contribution is -2.06. The Morgan fingerprint density at radius 1 is 1.42 bits per heavy atom. The fourth-order valence-electron chi connectivity index (χ4n) is 1.87. The van der Waals surface area contributed by atoms with Gasteiger partial charge in [0.1, 0.15) is 5.03 Å². The van der Waals surface area contributed by atoms with Crippen molar-refractivity contribution >= 4 is 34.9 Å². The first kappa shape index (κ1) is 12.7.